The number of rotatable bonds is 5. The van der Waals surface area contributed by atoms with Gasteiger partial charge in [0.2, 0.25) is 0 Å². The van der Waals surface area contributed by atoms with Crippen molar-refractivity contribution in [3.63, 3.8) is 0 Å². The third kappa shape index (κ3) is 3.19. The van der Waals surface area contributed by atoms with E-state index < -0.39 is 6.10 Å². The molecule has 112 valence electrons. The first-order valence-electron chi connectivity index (χ1n) is 7.26. The lowest BCUT2D eigenvalue weighted by molar-refractivity contribution is 0.195. The zero-order valence-corrected chi connectivity index (χ0v) is 13.1. The summed E-state index contributed by atoms with van der Waals surface area (Å²) >= 11 is 0. The Morgan fingerprint density at radius 3 is 2.33 bits per heavy atom. The second-order valence-electron chi connectivity index (χ2n) is 5.15. The quantitative estimate of drug-likeness (QED) is 0.898. The highest BCUT2D eigenvalue weighted by atomic mass is 16.5. The summed E-state index contributed by atoms with van der Waals surface area (Å²) in [6.07, 6.45) is 0.441. The number of hydrogen-bond acceptors (Lipinski definition) is 3. The van der Waals surface area contributed by atoms with Crippen LogP contribution in [0.25, 0.3) is 0 Å². The molecule has 1 N–H and O–H groups in total. The summed E-state index contributed by atoms with van der Waals surface area (Å²) in [6, 6.07) is 14.3. The molecule has 2 aromatic carbocycles. The summed E-state index contributed by atoms with van der Waals surface area (Å²) < 4.78 is 5.38. The number of aliphatic hydroxyl groups is 1. The van der Waals surface area contributed by atoms with Gasteiger partial charge in [0.05, 0.1) is 18.9 Å². The Morgan fingerprint density at radius 2 is 1.81 bits per heavy atom. The van der Waals surface area contributed by atoms with Gasteiger partial charge in [-0.2, -0.15) is 0 Å². The summed E-state index contributed by atoms with van der Waals surface area (Å²) in [6.45, 7) is 3.90. The molecule has 0 heterocycles. The Bertz CT molecular complexity index is 591. The van der Waals surface area contributed by atoms with Crippen molar-refractivity contribution in [2.24, 2.45) is 0 Å². The summed E-state index contributed by atoms with van der Waals surface area (Å²) in [5.74, 6) is 0.708. The van der Waals surface area contributed by atoms with Crippen LogP contribution < -0.4 is 9.64 Å². The zero-order chi connectivity index (χ0) is 15.4. The normalized spacial score (nSPS) is 12.0. The van der Waals surface area contributed by atoms with Gasteiger partial charge in [0.15, 0.2) is 0 Å². The number of benzene rings is 2. The molecular weight excluding hydrogens is 262 g/mol. The fraction of sp³-hybridized carbons (Fsp3) is 0.333. The Balaban J connectivity index is 2.44. The Kier molecular flexibility index (Phi) is 4.86. The Hall–Kier alpha value is -2.00. The molecule has 3 nitrogen and oxygen atoms in total. The van der Waals surface area contributed by atoms with E-state index in [9.17, 15) is 5.11 Å². The van der Waals surface area contributed by atoms with E-state index in [1.165, 1.54) is 5.56 Å². The molecule has 0 aliphatic carbocycles. The Labute approximate surface area is 126 Å². The summed E-state index contributed by atoms with van der Waals surface area (Å²) in [5.41, 5.74) is 4.16. The monoisotopic (exact) mass is 285 g/mol. The standard InChI is InChI=1S/C18H23NO2/c1-5-14-9-11-15(12-10-14)19(3)16-7-6-8-17(21-4)18(16)13(2)20/h6-13,20H,5H2,1-4H3. The smallest absolute Gasteiger partial charge is 0.126 e. The molecule has 2 rings (SSSR count). The lowest BCUT2D eigenvalue weighted by Crippen LogP contribution is -2.13. The van der Waals surface area contributed by atoms with E-state index in [2.05, 4.69) is 36.1 Å². The van der Waals surface area contributed by atoms with Crippen molar-refractivity contribution in [3.8, 4) is 5.75 Å². The minimum absolute atomic E-state index is 0.589. The van der Waals surface area contributed by atoms with Gasteiger partial charge in [0, 0.05) is 18.3 Å². The van der Waals surface area contributed by atoms with Gasteiger partial charge < -0.3 is 14.7 Å². The summed E-state index contributed by atoms with van der Waals surface area (Å²) in [7, 11) is 3.63. The SMILES string of the molecule is CCc1ccc(N(C)c2cccc(OC)c2C(C)O)cc1. The van der Waals surface area contributed by atoms with Gasteiger partial charge in [-0.25, -0.2) is 0 Å². The van der Waals surface area contributed by atoms with Crippen LogP contribution in [0.1, 0.15) is 31.1 Å². The van der Waals surface area contributed by atoms with Gasteiger partial charge >= 0.3 is 0 Å². The van der Waals surface area contributed by atoms with E-state index in [4.69, 9.17) is 4.74 Å². The van der Waals surface area contributed by atoms with Crippen LogP contribution in [0.5, 0.6) is 5.75 Å². The minimum Gasteiger partial charge on any atom is -0.496 e. The number of anilines is 2. The molecule has 0 saturated carbocycles. The molecule has 0 radical (unpaired) electrons. The average molecular weight is 285 g/mol. The van der Waals surface area contributed by atoms with Crippen molar-refractivity contribution >= 4 is 11.4 Å². The molecule has 0 saturated heterocycles. The first kappa shape index (κ1) is 15.4. The number of aryl methyl sites for hydroxylation is 1. The fourth-order valence-electron chi connectivity index (χ4n) is 2.52. The molecule has 3 heteroatoms. The van der Waals surface area contributed by atoms with Crippen molar-refractivity contribution in [1.82, 2.24) is 0 Å². The van der Waals surface area contributed by atoms with Gasteiger partial charge in [-0.1, -0.05) is 25.1 Å². The highest BCUT2D eigenvalue weighted by Gasteiger charge is 2.17. The second-order valence-corrected chi connectivity index (χ2v) is 5.15. The van der Waals surface area contributed by atoms with Gasteiger partial charge in [-0.3, -0.25) is 0 Å². The molecule has 21 heavy (non-hydrogen) atoms. The molecule has 0 amide bonds. The third-order valence-electron chi connectivity index (χ3n) is 3.77. The molecule has 0 bridgehead atoms. The van der Waals surface area contributed by atoms with Crippen LogP contribution in [0, 0.1) is 0 Å². The first-order valence-corrected chi connectivity index (χ1v) is 7.26. The minimum atomic E-state index is -0.589. The summed E-state index contributed by atoms with van der Waals surface area (Å²) in [4.78, 5) is 2.07. The van der Waals surface area contributed by atoms with Crippen molar-refractivity contribution in [2.75, 3.05) is 19.1 Å². The van der Waals surface area contributed by atoms with Crippen molar-refractivity contribution in [3.05, 3.63) is 53.6 Å². The zero-order valence-electron chi connectivity index (χ0n) is 13.1. The van der Waals surface area contributed by atoms with E-state index in [0.717, 1.165) is 23.4 Å². The van der Waals surface area contributed by atoms with Gasteiger partial charge in [0.1, 0.15) is 5.75 Å². The highest BCUT2D eigenvalue weighted by molar-refractivity contribution is 5.69. The molecule has 0 spiro atoms. The van der Waals surface area contributed by atoms with Gasteiger partial charge in [-0.05, 0) is 43.2 Å². The van der Waals surface area contributed by atoms with Crippen LogP contribution in [-0.4, -0.2) is 19.3 Å². The van der Waals surface area contributed by atoms with E-state index >= 15 is 0 Å². The second kappa shape index (κ2) is 6.64. The van der Waals surface area contributed by atoms with Crippen LogP contribution in [0.2, 0.25) is 0 Å². The lowest BCUT2D eigenvalue weighted by Gasteiger charge is -2.25. The largest absolute Gasteiger partial charge is 0.496 e. The molecule has 0 aromatic heterocycles. The highest BCUT2D eigenvalue weighted by Crippen LogP contribution is 2.36. The molecule has 1 unspecified atom stereocenters. The van der Waals surface area contributed by atoms with E-state index in [-0.39, 0.29) is 0 Å². The van der Waals surface area contributed by atoms with Crippen LogP contribution in [0.4, 0.5) is 11.4 Å². The summed E-state index contributed by atoms with van der Waals surface area (Å²) in [5, 5.41) is 10.1. The molecular formula is C18H23NO2. The van der Waals surface area contributed by atoms with Crippen molar-refractivity contribution < 1.29 is 9.84 Å². The topological polar surface area (TPSA) is 32.7 Å². The van der Waals surface area contributed by atoms with E-state index in [0.29, 0.717) is 5.75 Å². The fourth-order valence-corrected chi connectivity index (χ4v) is 2.52. The average Bonchev–Trinajstić information content (AvgIpc) is 2.53. The van der Waals surface area contributed by atoms with Crippen molar-refractivity contribution in [2.45, 2.75) is 26.4 Å². The van der Waals surface area contributed by atoms with Crippen LogP contribution in [0.15, 0.2) is 42.5 Å². The number of hydrogen-bond donors (Lipinski definition) is 1. The van der Waals surface area contributed by atoms with Crippen LogP contribution >= 0.6 is 0 Å². The molecule has 1 atom stereocenters. The maximum atomic E-state index is 10.1. The molecule has 0 aliphatic heterocycles. The van der Waals surface area contributed by atoms with Gasteiger partial charge in [0.25, 0.3) is 0 Å². The number of nitrogens with zero attached hydrogens (tertiary/aromatic N) is 1. The van der Waals surface area contributed by atoms with Crippen LogP contribution in [-0.2, 0) is 6.42 Å². The van der Waals surface area contributed by atoms with E-state index in [1.807, 2.05) is 25.2 Å². The molecule has 0 fully saturated rings. The first-order chi connectivity index (χ1) is 10.1. The third-order valence-corrected chi connectivity index (χ3v) is 3.77. The number of aliphatic hydroxyl groups excluding tert-OH is 1. The number of ether oxygens (including phenoxy) is 1. The van der Waals surface area contributed by atoms with E-state index in [1.54, 1.807) is 14.0 Å². The van der Waals surface area contributed by atoms with Crippen molar-refractivity contribution in [1.29, 1.82) is 0 Å². The lowest BCUT2D eigenvalue weighted by atomic mass is 10.0. The maximum absolute atomic E-state index is 10.1. The maximum Gasteiger partial charge on any atom is 0.126 e. The van der Waals surface area contributed by atoms with Gasteiger partial charge in [-0.15, -0.1) is 0 Å². The Morgan fingerprint density at radius 1 is 1.14 bits per heavy atom. The predicted octanol–water partition coefficient (Wildman–Crippen LogP) is 4.08. The molecule has 2 aromatic rings. The molecule has 0 aliphatic rings. The predicted molar refractivity (Wildman–Crippen MR) is 87.5 cm³/mol. The number of methoxy groups -OCH3 is 1. The van der Waals surface area contributed by atoms with Crippen LogP contribution in [0.3, 0.4) is 0 Å².